The van der Waals surface area contributed by atoms with Crippen LogP contribution in [0.25, 0.3) is 0 Å². The number of hydrogen-bond acceptors (Lipinski definition) is 2. The summed E-state index contributed by atoms with van der Waals surface area (Å²) in [6.07, 6.45) is 0. The zero-order valence-electron chi connectivity index (χ0n) is 12.2. The van der Waals surface area contributed by atoms with Gasteiger partial charge in [0.25, 0.3) is 0 Å². The molecule has 2 rings (SSSR count). The molecule has 0 amide bonds. The van der Waals surface area contributed by atoms with Crippen LogP contribution in [0.3, 0.4) is 0 Å². The Morgan fingerprint density at radius 2 is 1.81 bits per heavy atom. The fourth-order valence-electron chi connectivity index (χ4n) is 2.09. The van der Waals surface area contributed by atoms with Crippen LogP contribution < -0.4 is 4.74 Å². The molecule has 0 N–H and O–H groups in total. The summed E-state index contributed by atoms with van der Waals surface area (Å²) >= 11 is 0. The van der Waals surface area contributed by atoms with E-state index in [1.54, 1.807) is 0 Å². The van der Waals surface area contributed by atoms with Crippen LogP contribution in [0.15, 0.2) is 30.3 Å². The van der Waals surface area contributed by atoms with Crippen molar-refractivity contribution in [2.45, 2.75) is 20.8 Å². The van der Waals surface area contributed by atoms with Crippen LogP contribution in [-0.4, -0.2) is 12.4 Å². The van der Waals surface area contributed by atoms with Gasteiger partial charge >= 0.3 is 0 Å². The second-order valence-electron chi connectivity index (χ2n) is 5.04. The molecule has 2 nitrogen and oxygen atoms in total. The van der Waals surface area contributed by atoms with Crippen LogP contribution >= 0.6 is 0 Å². The Bertz CT molecular complexity index is 693. The van der Waals surface area contributed by atoms with Crippen molar-refractivity contribution in [3.05, 3.63) is 64.2 Å². The highest BCUT2D eigenvalue weighted by Crippen LogP contribution is 2.23. The van der Waals surface area contributed by atoms with E-state index in [1.165, 1.54) is 0 Å². The lowest BCUT2D eigenvalue weighted by Crippen LogP contribution is -2.14. The minimum Gasteiger partial charge on any atom is -0.485 e. The summed E-state index contributed by atoms with van der Waals surface area (Å²) < 4.78 is 31.8. The van der Waals surface area contributed by atoms with Gasteiger partial charge in [0.05, 0.1) is 5.56 Å². The van der Waals surface area contributed by atoms with Gasteiger partial charge in [0, 0.05) is 6.07 Å². The van der Waals surface area contributed by atoms with Crippen molar-refractivity contribution in [2.24, 2.45) is 0 Å². The van der Waals surface area contributed by atoms with Crippen LogP contribution in [0.4, 0.5) is 8.78 Å². The first-order valence-electron chi connectivity index (χ1n) is 6.57. The number of carbonyl (C=O) groups excluding carboxylic acids is 1. The average molecular weight is 290 g/mol. The van der Waals surface area contributed by atoms with Crippen LogP contribution in [0.2, 0.25) is 0 Å². The standard InChI is InChI=1S/C17H16F2O2/c1-10-6-11(2)12(3)17(7-10)21-9-16(20)14-5-4-13(18)8-15(14)19/h4-8H,9H2,1-3H3. The fraction of sp³-hybridized carbons (Fsp3) is 0.235. The molecule has 0 aromatic heterocycles. The maximum absolute atomic E-state index is 13.5. The highest BCUT2D eigenvalue weighted by molar-refractivity contribution is 5.97. The van der Waals surface area contributed by atoms with Crippen molar-refractivity contribution in [1.82, 2.24) is 0 Å². The van der Waals surface area contributed by atoms with E-state index in [4.69, 9.17) is 4.74 Å². The summed E-state index contributed by atoms with van der Waals surface area (Å²) in [5, 5.41) is 0. The van der Waals surface area contributed by atoms with E-state index in [-0.39, 0.29) is 12.2 Å². The molecular weight excluding hydrogens is 274 g/mol. The number of halogens is 2. The predicted molar refractivity (Wildman–Crippen MR) is 76.8 cm³/mol. The lowest BCUT2D eigenvalue weighted by molar-refractivity contribution is 0.0917. The first-order valence-corrected chi connectivity index (χ1v) is 6.57. The maximum atomic E-state index is 13.5. The lowest BCUT2D eigenvalue weighted by atomic mass is 10.1. The molecule has 2 aromatic rings. The van der Waals surface area contributed by atoms with E-state index in [0.29, 0.717) is 11.8 Å². The van der Waals surface area contributed by atoms with Crippen molar-refractivity contribution in [2.75, 3.05) is 6.61 Å². The Morgan fingerprint density at radius 3 is 2.48 bits per heavy atom. The van der Waals surface area contributed by atoms with Gasteiger partial charge in [-0.25, -0.2) is 8.78 Å². The smallest absolute Gasteiger partial charge is 0.203 e. The highest BCUT2D eigenvalue weighted by Gasteiger charge is 2.14. The number of ether oxygens (including phenoxy) is 1. The zero-order valence-corrected chi connectivity index (χ0v) is 12.2. The summed E-state index contributed by atoms with van der Waals surface area (Å²) in [6.45, 7) is 5.50. The number of carbonyl (C=O) groups is 1. The molecule has 0 fully saturated rings. The van der Waals surface area contributed by atoms with Crippen LogP contribution in [-0.2, 0) is 0 Å². The number of aryl methyl sites for hydroxylation is 2. The van der Waals surface area contributed by atoms with Crippen molar-refractivity contribution in [1.29, 1.82) is 0 Å². The minimum atomic E-state index is -0.874. The fourth-order valence-corrected chi connectivity index (χ4v) is 2.09. The molecule has 110 valence electrons. The molecule has 0 aliphatic carbocycles. The summed E-state index contributed by atoms with van der Waals surface area (Å²) in [4.78, 5) is 11.9. The van der Waals surface area contributed by atoms with E-state index in [1.807, 2.05) is 32.9 Å². The normalized spacial score (nSPS) is 10.5. The third-order valence-corrected chi connectivity index (χ3v) is 3.35. The van der Waals surface area contributed by atoms with Crippen LogP contribution in [0, 0.1) is 32.4 Å². The number of hydrogen-bond donors (Lipinski definition) is 0. The molecule has 0 radical (unpaired) electrons. The molecule has 0 aliphatic heterocycles. The zero-order chi connectivity index (χ0) is 15.6. The Kier molecular flexibility index (Phi) is 4.36. The first-order chi connectivity index (χ1) is 9.88. The molecule has 0 unspecified atom stereocenters. The third kappa shape index (κ3) is 3.45. The number of rotatable bonds is 4. The first kappa shape index (κ1) is 15.2. The van der Waals surface area contributed by atoms with Crippen molar-refractivity contribution in [3.8, 4) is 5.75 Å². The number of ketones is 1. The SMILES string of the molecule is Cc1cc(C)c(C)c(OCC(=O)c2ccc(F)cc2F)c1. The van der Waals surface area contributed by atoms with E-state index >= 15 is 0 Å². The lowest BCUT2D eigenvalue weighted by Gasteiger charge is -2.12. The highest BCUT2D eigenvalue weighted by atomic mass is 19.1. The predicted octanol–water partition coefficient (Wildman–Crippen LogP) is 4.15. The van der Waals surface area contributed by atoms with Crippen molar-refractivity contribution >= 4 is 5.78 Å². The van der Waals surface area contributed by atoms with Gasteiger partial charge in [-0.1, -0.05) is 6.07 Å². The van der Waals surface area contributed by atoms with Crippen molar-refractivity contribution in [3.63, 3.8) is 0 Å². The molecular formula is C17H16F2O2. The molecule has 2 aromatic carbocycles. The molecule has 0 atom stereocenters. The van der Waals surface area contributed by atoms with Gasteiger partial charge in [-0.05, 0) is 55.7 Å². The van der Waals surface area contributed by atoms with E-state index in [2.05, 4.69) is 0 Å². The molecule has 0 heterocycles. The Labute approximate surface area is 122 Å². The maximum Gasteiger partial charge on any atom is 0.203 e. The van der Waals surface area contributed by atoms with Crippen LogP contribution in [0.1, 0.15) is 27.0 Å². The Balaban J connectivity index is 2.15. The van der Waals surface area contributed by atoms with E-state index in [9.17, 15) is 13.6 Å². The number of Topliss-reactive ketones (excluding diaryl/α,β-unsaturated/α-hetero) is 1. The molecule has 21 heavy (non-hydrogen) atoms. The number of benzene rings is 2. The topological polar surface area (TPSA) is 26.3 Å². The summed E-state index contributed by atoms with van der Waals surface area (Å²) in [6, 6.07) is 6.72. The Morgan fingerprint density at radius 1 is 1.10 bits per heavy atom. The molecule has 4 heteroatoms. The molecule has 0 aliphatic rings. The van der Waals surface area contributed by atoms with Crippen molar-refractivity contribution < 1.29 is 18.3 Å². The van der Waals surface area contributed by atoms with Gasteiger partial charge in [0.1, 0.15) is 17.4 Å². The Hall–Kier alpha value is -2.23. The quantitative estimate of drug-likeness (QED) is 0.791. The molecule has 0 spiro atoms. The van der Waals surface area contributed by atoms with Crippen LogP contribution in [0.5, 0.6) is 5.75 Å². The second-order valence-corrected chi connectivity index (χ2v) is 5.04. The van der Waals surface area contributed by atoms with Gasteiger partial charge in [-0.3, -0.25) is 4.79 Å². The third-order valence-electron chi connectivity index (χ3n) is 3.35. The molecule has 0 saturated heterocycles. The van der Waals surface area contributed by atoms with E-state index in [0.717, 1.165) is 28.8 Å². The summed E-state index contributed by atoms with van der Waals surface area (Å²) in [7, 11) is 0. The van der Waals surface area contributed by atoms with E-state index < -0.39 is 17.4 Å². The van der Waals surface area contributed by atoms with Gasteiger partial charge in [0.15, 0.2) is 6.61 Å². The van der Waals surface area contributed by atoms with Gasteiger partial charge in [-0.2, -0.15) is 0 Å². The van der Waals surface area contributed by atoms with Gasteiger partial charge in [0.2, 0.25) is 5.78 Å². The largest absolute Gasteiger partial charge is 0.485 e. The minimum absolute atomic E-state index is 0.168. The van der Waals surface area contributed by atoms with Gasteiger partial charge < -0.3 is 4.74 Å². The molecule has 0 saturated carbocycles. The monoisotopic (exact) mass is 290 g/mol. The van der Waals surface area contributed by atoms with Gasteiger partial charge in [-0.15, -0.1) is 0 Å². The summed E-state index contributed by atoms with van der Waals surface area (Å²) in [5.41, 5.74) is 2.85. The second kappa shape index (κ2) is 6.04. The average Bonchev–Trinajstić information content (AvgIpc) is 2.40. The summed E-state index contributed by atoms with van der Waals surface area (Å²) in [5.74, 6) is -1.51. The molecule has 0 bridgehead atoms.